The van der Waals surface area contributed by atoms with E-state index in [0.29, 0.717) is 18.2 Å². The standard InChI is InChI=1S/C10H14F2N2O2S/c1-3-8-7-10(14(2)13-8)17(15,16)6-4-5-9(11)12/h5,7H,3-4,6H2,1-2H3. The fraction of sp³-hybridized carbons (Fsp3) is 0.500. The van der Waals surface area contributed by atoms with Gasteiger partial charge in [0.2, 0.25) is 0 Å². The maximum atomic E-state index is 11.8. The predicted molar refractivity (Wildman–Crippen MR) is 59.6 cm³/mol. The number of nitrogens with zero attached hydrogens (tertiary/aromatic N) is 2. The van der Waals surface area contributed by atoms with E-state index in [4.69, 9.17) is 0 Å². The number of allylic oxidation sites excluding steroid dienone is 1. The molecule has 7 heteroatoms. The Morgan fingerprint density at radius 1 is 1.53 bits per heavy atom. The monoisotopic (exact) mass is 264 g/mol. The Morgan fingerprint density at radius 2 is 2.18 bits per heavy atom. The van der Waals surface area contributed by atoms with E-state index in [9.17, 15) is 17.2 Å². The Hall–Kier alpha value is -1.24. The zero-order valence-corrected chi connectivity index (χ0v) is 10.5. The van der Waals surface area contributed by atoms with Crippen molar-refractivity contribution in [3.63, 3.8) is 0 Å². The van der Waals surface area contributed by atoms with Crippen molar-refractivity contribution in [3.05, 3.63) is 23.9 Å². The lowest BCUT2D eigenvalue weighted by atomic mass is 10.3. The molecule has 1 aromatic rings. The summed E-state index contributed by atoms with van der Waals surface area (Å²) in [5, 5.41) is 4.08. The van der Waals surface area contributed by atoms with Gasteiger partial charge in [0.15, 0.2) is 14.9 Å². The number of aryl methyl sites for hydroxylation is 2. The Bertz CT molecular complexity index is 516. The van der Waals surface area contributed by atoms with Gasteiger partial charge in [-0.1, -0.05) is 6.92 Å². The Balaban J connectivity index is 2.89. The third-order valence-corrected chi connectivity index (χ3v) is 4.05. The van der Waals surface area contributed by atoms with Crippen LogP contribution in [0.1, 0.15) is 19.0 Å². The minimum Gasteiger partial charge on any atom is -0.257 e. The highest BCUT2D eigenvalue weighted by molar-refractivity contribution is 7.91. The molecule has 0 N–H and O–H groups in total. The topological polar surface area (TPSA) is 52.0 Å². The summed E-state index contributed by atoms with van der Waals surface area (Å²) < 4.78 is 48.5. The van der Waals surface area contributed by atoms with Crippen molar-refractivity contribution >= 4 is 9.84 Å². The van der Waals surface area contributed by atoms with E-state index in [1.54, 1.807) is 0 Å². The lowest BCUT2D eigenvalue weighted by molar-refractivity contribution is 0.418. The number of hydrogen-bond acceptors (Lipinski definition) is 3. The van der Waals surface area contributed by atoms with Gasteiger partial charge in [-0.05, 0) is 25.0 Å². The highest BCUT2D eigenvalue weighted by atomic mass is 32.2. The molecule has 1 rings (SSSR count). The lowest BCUT2D eigenvalue weighted by Gasteiger charge is -2.01. The summed E-state index contributed by atoms with van der Waals surface area (Å²) in [6.45, 7) is 1.86. The summed E-state index contributed by atoms with van der Waals surface area (Å²) in [6.07, 6.45) is -0.826. The van der Waals surface area contributed by atoms with Crippen molar-refractivity contribution < 1.29 is 17.2 Å². The van der Waals surface area contributed by atoms with Crippen molar-refractivity contribution in [2.24, 2.45) is 7.05 Å². The van der Waals surface area contributed by atoms with Gasteiger partial charge in [0.05, 0.1) is 11.4 Å². The van der Waals surface area contributed by atoms with Gasteiger partial charge in [0, 0.05) is 7.05 Å². The Labute approximate surface area is 98.9 Å². The molecule has 0 aliphatic heterocycles. The Morgan fingerprint density at radius 3 is 2.65 bits per heavy atom. The molecule has 0 amide bonds. The molecule has 0 radical (unpaired) electrons. The number of aromatic nitrogens is 2. The van der Waals surface area contributed by atoms with Gasteiger partial charge in [-0.3, -0.25) is 4.68 Å². The van der Waals surface area contributed by atoms with E-state index >= 15 is 0 Å². The zero-order chi connectivity index (χ0) is 13.1. The van der Waals surface area contributed by atoms with Crippen LogP contribution in [0.2, 0.25) is 0 Å². The number of hydrogen-bond donors (Lipinski definition) is 0. The van der Waals surface area contributed by atoms with E-state index in [0.717, 1.165) is 0 Å². The van der Waals surface area contributed by atoms with E-state index in [-0.39, 0.29) is 17.2 Å². The smallest absolute Gasteiger partial charge is 0.257 e. The normalized spacial score (nSPS) is 11.5. The van der Waals surface area contributed by atoms with Gasteiger partial charge in [-0.25, -0.2) is 8.42 Å². The quantitative estimate of drug-likeness (QED) is 0.816. The highest BCUT2D eigenvalue weighted by Gasteiger charge is 2.19. The molecule has 17 heavy (non-hydrogen) atoms. The van der Waals surface area contributed by atoms with E-state index in [1.807, 2.05) is 6.92 Å². The summed E-state index contributed by atoms with van der Waals surface area (Å²) in [5.41, 5.74) is 0.665. The molecule has 0 atom stereocenters. The highest BCUT2D eigenvalue weighted by Crippen LogP contribution is 2.14. The van der Waals surface area contributed by atoms with Gasteiger partial charge in [-0.15, -0.1) is 0 Å². The van der Waals surface area contributed by atoms with Crippen LogP contribution in [0.5, 0.6) is 0 Å². The first-order chi connectivity index (χ1) is 7.86. The first-order valence-corrected chi connectivity index (χ1v) is 6.79. The van der Waals surface area contributed by atoms with Crippen molar-refractivity contribution in [2.75, 3.05) is 5.75 Å². The SMILES string of the molecule is CCc1cc(S(=O)(=O)CCC=C(F)F)n(C)n1. The molecule has 96 valence electrons. The van der Waals surface area contributed by atoms with Crippen LogP contribution >= 0.6 is 0 Å². The summed E-state index contributed by atoms with van der Waals surface area (Å²) >= 11 is 0. The number of sulfone groups is 1. The van der Waals surface area contributed by atoms with Crippen LogP contribution in [0.25, 0.3) is 0 Å². The molecule has 0 aliphatic rings. The van der Waals surface area contributed by atoms with Gasteiger partial charge < -0.3 is 0 Å². The molecule has 4 nitrogen and oxygen atoms in total. The van der Waals surface area contributed by atoms with Crippen LogP contribution < -0.4 is 0 Å². The van der Waals surface area contributed by atoms with Gasteiger partial charge >= 0.3 is 0 Å². The van der Waals surface area contributed by atoms with Gasteiger partial charge in [0.25, 0.3) is 6.08 Å². The molecule has 1 heterocycles. The minimum absolute atomic E-state index is 0.0713. The molecule has 0 saturated carbocycles. The summed E-state index contributed by atoms with van der Waals surface area (Å²) in [6, 6.07) is 1.48. The molecule has 0 unspecified atom stereocenters. The summed E-state index contributed by atoms with van der Waals surface area (Å²) in [5.74, 6) is -0.340. The second-order valence-corrected chi connectivity index (χ2v) is 5.61. The molecule has 0 saturated heterocycles. The van der Waals surface area contributed by atoms with E-state index in [1.165, 1.54) is 17.8 Å². The van der Waals surface area contributed by atoms with Gasteiger partial charge in [0.1, 0.15) is 0 Å². The van der Waals surface area contributed by atoms with Gasteiger partial charge in [-0.2, -0.15) is 13.9 Å². The zero-order valence-electron chi connectivity index (χ0n) is 9.65. The molecule has 1 aromatic heterocycles. The first-order valence-electron chi connectivity index (χ1n) is 5.13. The van der Waals surface area contributed by atoms with E-state index in [2.05, 4.69) is 5.10 Å². The van der Waals surface area contributed by atoms with Crippen molar-refractivity contribution in [3.8, 4) is 0 Å². The second-order valence-electron chi connectivity index (χ2n) is 3.55. The number of halogens is 2. The summed E-state index contributed by atoms with van der Waals surface area (Å²) in [4.78, 5) is 0. The van der Waals surface area contributed by atoms with Crippen molar-refractivity contribution in [2.45, 2.75) is 24.8 Å². The molecule has 0 bridgehead atoms. The third-order valence-electron chi connectivity index (χ3n) is 2.25. The third kappa shape index (κ3) is 3.62. The minimum atomic E-state index is -3.55. The molecular formula is C10H14F2N2O2S. The molecule has 0 fully saturated rings. The Kier molecular flexibility index (Phi) is 4.39. The van der Waals surface area contributed by atoms with Crippen LogP contribution in [-0.2, 0) is 23.3 Å². The fourth-order valence-corrected chi connectivity index (χ4v) is 2.79. The first kappa shape index (κ1) is 13.8. The number of rotatable bonds is 5. The predicted octanol–water partition coefficient (Wildman–Crippen LogP) is 1.93. The largest absolute Gasteiger partial charge is 0.266 e. The molecule has 0 aliphatic carbocycles. The van der Waals surface area contributed by atoms with Crippen molar-refractivity contribution in [1.82, 2.24) is 9.78 Å². The maximum absolute atomic E-state index is 11.8. The summed E-state index contributed by atoms with van der Waals surface area (Å²) in [7, 11) is -2.03. The maximum Gasteiger partial charge on any atom is 0.266 e. The fourth-order valence-electron chi connectivity index (χ4n) is 1.40. The van der Waals surface area contributed by atoms with Crippen LogP contribution in [0.3, 0.4) is 0 Å². The van der Waals surface area contributed by atoms with Crippen molar-refractivity contribution in [1.29, 1.82) is 0 Å². The lowest BCUT2D eigenvalue weighted by Crippen LogP contribution is -2.11. The van der Waals surface area contributed by atoms with Crippen LogP contribution in [0.15, 0.2) is 23.2 Å². The average molecular weight is 264 g/mol. The molecule has 0 aromatic carbocycles. The molecule has 0 spiro atoms. The average Bonchev–Trinajstić information content (AvgIpc) is 2.59. The van der Waals surface area contributed by atoms with Crippen LogP contribution in [-0.4, -0.2) is 24.0 Å². The van der Waals surface area contributed by atoms with E-state index < -0.39 is 15.9 Å². The van der Waals surface area contributed by atoms with Crippen LogP contribution in [0, 0.1) is 0 Å². The van der Waals surface area contributed by atoms with Crippen LogP contribution in [0.4, 0.5) is 8.78 Å². The second kappa shape index (κ2) is 5.39. The molecular weight excluding hydrogens is 250 g/mol.